The fraction of sp³-hybridized carbons (Fsp3) is 0.125. The highest BCUT2D eigenvalue weighted by atomic mass is 16.5. The average Bonchev–Trinajstić information content (AvgIpc) is 2.53. The number of carbonyl (C=O) groups is 2. The Hall–Kier alpha value is -3.10. The van der Waals surface area contributed by atoms with Gasteiger partial charge in [0.15, 0.2) is 0 Å². The Bertz CT molecular complexity index is 735. The van der Waals surface area contributed by atoms with Crippen LogP contribution in [-0.2, 0) is 20.8 Å². The zero-order chi connectivity index (χ0) is 18.1. The van der Waals surface area contributed by atoms with Crippen LogP contribution in [-0.4, -0.2) is 42.6 Å². The summed E-state index contributed by atoms with van der Waals surface area (Å²) in [6, 6.07) is 9.09. The van der Waals surface area contributed by atoms with Crippen LogP contribution in [0.15, 0.2) is 48.5 Å². The van der Waals surface area contributed by atoms with Gasteiger partial charge in [0.2, 0.25) is 11.2 Å². The quantitative estimate of drug-likeness (QED) is 0.457. The molecule has 8 heteroatoms. The van der Waals surface area contributed by atoms with Crippen molar-refractivity contribution in [2.45, 2.75) is 11.2 Å². The third-order valence-corrected chi connectivity index (χ3v) is 3.73. The van der Waals surface area contributed by atoms with E-state index in [1.807, 2.05) is 0 Å². The summed E-state index contributed by atoms with van der Waals surface area (Å²) in [5.74, 6) is -5.73. The number of aromatic hydroxyl groups is 2. The van der Waals surface area contributed by atoms with Crippen LogP contribution >= 0.6 is 0 Å². The van der Waals surface area contributed by atoms with Gasteiger partial charge >= 0.3 is 11.9 Å². The summed E-state index contributed by atoms with van der Waals surface area (Å²) < 4.78 is 0. The van der Waals surface area contributed by atoms with Gasteiger partial charge in [0, 0.05) is 11.1 Å². The van der Waals surface area contributed by atoms with Crippen molar-refractivity contribution in [1.29, 1.82) is 0 Å². The van der Waals surface area contributed by atoms with Crippen LogP contribution in [0.5, 0.6) is 11.5 Å². The Morgan fingerprint density at radius 3 is 1.21 bits per heavy atom. The first kappa shape index (κ1) is 17.3. The molecule has 0 aliphatic heterocycles. The number of benzene rings is 2. The summed E-state index contributed by atoms with van der Waals surface area (Å²) in [6.45, 7) is 0. The van der Waals surface area contributed by atoms with E-state index in [9.17, 15) is 40.2 Å². The predicted molar refractivity (Wildman–Crippen MR) is 79.3 cm³/mol. The number of carboxylic acid groups (broad SMARTS) is 2. The molecule has 24 heavy (non-hydrogen) atoms. The van der Waals surface area contributed by atoms with E-state index in [2.05, 4.69) is 0 Å². The molecule has 0 radical (unpaired) electrons. The maximum absolute atomic E-state index is 11.7. The minimum atomic E-state index is -3.48. The van der Waals surface area contributed by atoms with E-state index in [0.29, 0.717) is 0 Å². The fourth-order valence-corrected chi connectivity index (χ4v) is 2.49. The summed E-state index contributed by atoms with van der Waals surface area (Å²) in [7, 11) is 0. The van der Waals surface area contributed by atoms with E-state index in [1.165, 1.54) is 24.3 Å². The highest BCUT2D eigenvalue weighted by Gasteiger charge is 2.64. The molecule has 0 aromatic heterocycles. The maximum atomic E-state index is 11.7. The van der Waals surface area contributed by atoms with Crippen LogP contribution in [0.1, 0.15) is 11.1 Å². The Kier molecular flexibility index (Phi) is 4.20. The van der Waals surface area contributed by atoms with Crippen molar-refractivity contribution < 1.29 is 40.2 Å². The van der Waals surface area contributed by atoms with Gasteiger partial charge < -0.3 is 30.6 Å². The van der Waals surface area contributed by atoms with Gasteiger partial charge in [-0.05, 0) is 12.1 Å². The molecule has 126 valence electrons. The van der Waals surface area contributed by atoms with Gasteiger partial charge in [-0.3, -0.25) is 0 Å². The number of phenolic OH excluding ortho intramolecular Hbond substituents is 2. The van der Waals surface area contributed by atoms with Crippen molar-refractivity contribution in [2.24, 2.45) is 0 Å². The molecular weight excluding hydrogens is 320 g/mol. The molecule has 2 aromatic carbocycles. The van der Waals surface area contributed by atoms with Crippen molar-refractivity contribution in [1.82, 2.24) is 0 Å². The van der Waals surface area contributed by atoms with Crippen molar-refractivity contribution >= 4 is 11.9 Å². The second-order valence-corrected chi connectivity index (χ2v) is 5.07. The topological polar surface area (TPSA) is 156 Å². The summed E-state index contributed by atoms with van der Waals surface area (Å²) in [5.41, 5.74) is -8.46. The van der Waals surface area contributed by atoms with Crippen LogP contribution < -0.4 is 0 Å². The third-order valence-electron chi connectivity index (χ3n) is 3.73. The Labute approximate surface area is 135 Å². The van der Waals surface area contributed by atoms with E-state index in [0.717, 1.165) is 24.3 Å². The van der Waals surface area contributed by atoms with E-state index >= 15 is 0 Å². The number of aliphatic hydroxyl groups is 2. The lowest BCUT2D eigenvalue weighted by Crippen LogP contribution is -2.59. The Morgan fingerprint density at radius 2 is 0.958 bits per heavy atom. The van der Waals surface area contributed by atoms with Crippen molar-refractivity contribution in [2.75, 3.05) is 0 Å². The van der Waals surface area contributed by atoms with Crippen LogP contribution in [0, 0.1) is 0 Å². The first-order chi connectivity index (χ1) is 11.2. The lowest BCUT2D eigenvalue weighted by atomic mass is 9.72. The largest absolute Gasteiger partial charge is 0.508 e. The molecule has 6 N–H and O–H groups in total. The lowest BCUT2D eigenvalue weighted by molar-refractivity contribution is -0.213. The minimum absolute atomic E-state index is 0.738. The van der Waals surface area contributed by atoms with Crippen LogP contribution in [0.2, 0.25) is 0 Å². The van der Waals surface area contributed by atoms with Gasteiger partial charge in [0.1, 0.15) is 11.5 Å². The van der Waals surface area contributed by atoms with Crippen LogP contribution in [0.25, 0.3) is 0 Å². The van der Waals surface area contributed by atoms with Crippen molar-refractivity contribution in [3.8, 4) is 11.5 Å². The van der Waals surface area contributed by atoms with Gasteiger partial charge in [0.05, 0.1) is 0 Å². The number of hydrogen-bond donors (Lipinski definition) is 6. The monoisotopic (exact) mass is 334 g/mol. The Balaban J connectivity index is 2.90. The van der Waals surface area contributed by atoms with E-state index in [-0.39, 0.29) is 0 Å². The second-order valence-electron chi connectivity index (χ2n) is 5.07. The molecule has 0 amide bonds. The van der Waals surface area contributed by atoms with Crippen molar-refractivity contribution in [3.05, 3.63) is 59.7 Å². The molecule has 2 unspecified atom stereocenters. The Morgan fingerprint density at radius 1 is 0.667 bits per heavy atom. The normalized spacial score (nSPS) is 15.9. The van der Waals surface area contributed by atoms with Gasteiger partial charge in [-0.15, -0.1) is 0 Å². The second kappa shape index (κ2) is 5.84. The number of phenols is 2. The summed E-state index contributed by atoms with van der Waals surface area (Å²) in [5, 5.41) is 60.1. The SMILES string of the molecule is O=C(O)C(O)(c1ccccc1O)C(O)(C(=O)O)c1ccccc1O. The highest BCUT2D eigenvalue weighted by Crippen LogP contribution is 2.46. The number of carboxylic acids is 2. The molecule has 0 saturated carbocycles. The van der Waals surface area contributed by atoms with E-state index in [1.54, 1.807) is 0 Å². The van der Waals surface area contributed by atoms with E-state index < -0.39 is 45.8 Å². The van der Waals surface area contributed by atoms with E-state index in [4.69, 9.17) is 0 Å². The first-order valence-corrected chi connectivity index (χ1v) is 6.65. The van der Waals surface area contributed by atoms with Gasteiger partial charge in [0.25, 0.3) is 0 Å². The molecule has 0 fully saturated rings. The van der Waals surface area contributed by atoms with Gasteiger partial charge in [-0.2, -0.15) is 0 Å². The number of aliphatic carboxylic acids is 2. The smallest absolute Gasteiger partial charge is 0.344 e. The molecule has 0 aliphatic carbocycles. The summed E-state index contributed by atoms with van der Waals surface area (Å²) in [4.78, 5) is 23.5. The first-order valence-electron chi connectivity index (χ1n) is 6.65. The highest BCUT2D eigenvalue weighted by molar-refractivity contribution is 5.93. The molecule has 2 atom stereocenters. The predicted octanol–water partition coefficient (Wildman–Crippen LogP) is 0.342. The van der Waals surface area contributed by atoms with Crippen LogP contribution in [0.4, 0.5) is 0 Å². The van der Waals surface area contributed by atoms with Crippen molar-refractivity contribution in [3.63, 3.8) is 0 Å². The van der Waals surface area contributed by atoms with Gasteiger partial charge in [-0.1, -0.05) is 36.4 Å². The summed E-state index contributed by atoms with van der Waals surface area (Å²) >= 11 is 0. The zero-order valence-electron chi connectivity index (χ0n) is 12.1. The molecule has 0 aliphatic rings. The molecule has 2 aromatic rings. The minimum Gasteiger partial charge on any atom is -0.508 e. The molecule has 0 heterocycles. The zero-order valence-corrected chi connectivity index (χ0v) is 12.1. The molecule has 0 saturated heterocycles. The molecule has 2 rings (SSSR count). The third kappa shape index (κ3) is 2.25. The molecular formula is C16H14O8. The summed E-state index contributed by atoms with van der Waals surface area (Å²) in [6.07, 6.45) is 0. The number of hydrogen-bond acceptors (Lipinski definition) is 6. The van der Waals surface area contributed by atoms with Crippen LogP contribution in [0.3, 0.4) is 0 Å². The standard InChI is InChI=1S/C16H14O8/c17-11-7-3-1-5-9(11)15(23,13(19)20)16(24,14(21)22)10-6-2-4-8-12(10)18/h1-8,17-18,23-24H,(H,19,20)(H,21,22). The molecule has 0 bridgehead atoms. The fourth-order valence-electron chi connectivity index (χ4n) is 2.49. The number of rotatable bonds is 5. The lowest BCUT2D eigenvalue weighted by Gasteiger charge is -2.38. The molecule has 0 spiro atoms. The average molecular weight is 334 g/mol. The maximum Gasteiger partial charge on any atom is 0.344 e. The molecule has 8 nitrogen and oxygen atoms in total. The van der Waals surface area contributed by atoms with Gasteiger partial charge in [-0.25, -0.2) is 9.59 Å². The number of para-hydroxylation sites is 2.